The molecule has 0 radical (unpaired) electrons. The fourth-order valence-corrected chi connectivity index (χ4v) is 3.90. The van der Waals surface area contributed by atoms with Crippen LogP contribution in [0.2, 0.25) is 0 Å². The summed E-state index contributed by atoms with van der Waals surface area (Å²) < 4.78 is 16.0. The van der Waals surface area contributed by atoms with Gasteiger partial charge < -0.3 is 19.5 Å². The molecule has 1 atom stereocenters. The lowest BCUT2D eigenvalue weighted by Crippen LogP contribution is -2.45. The highest BCUT2D eigenvalue weighted by Crippen LogP contribution is 2.28. The summed E-state index contributed by atoms with van der Waals surface area (Å²) in [4.78, 5) is 15.0. The fraction of sp³-hybridized carbons (Fsp3) is 0.458. The van der Waals surface area contributed by atoms with Crippen molar-refractivity contribution in [3.8, 4) is 17.2 Å². The highest BCUT2D eigenvalue weighted by atomic mass is 16.5. The topological polar surface area (TPSA) is 60.0 Å². The molecular formula is C24H32N2O4. The highest BCUT2D eigenvalue weighted by Gasteiger charge is 2.24. The second-order valence-electron chi connectivity index (χ2n) is 7.62. The van der Waals surface area contributed by atoms with Crippen LogP contribution in [0.25, 0.3) is 0 Å². The Bertz CT molecular complexity index is 868. The smallest absolute Gasteiger partial charge is 0.237 e. The Hall–Kier alpha value is -2.73. The van der Waals surface area contributed by atoms with Gasteiger partial charge in [0.05, 0.1) is 27.4 Å². The summed E-state index contributed by atoms with van der Waals surface area (Å²) in [5.41, 5.74) is 3.69. The summed E-state index contributed by atoms with van der Waals surface area (Å²) in [6.07, 6.45) is 2.78. The first-order valence-corrected chi connectivity index (χ1v) is 10.4. The van der Waals surface area contributed by atoms with Crippen LogP contribution in [0.15, 0.2) is 36.4 Å². The molecule has 1 aliphatic heterocycles. The molecule has 0 fully saturated rings. The van der Waals surface area contributed by atoms with Gasteiger partial charge in [-0.25, -0.2) is 0 Å². The Morgan fingerprint density at radius 3 is 2.57 bits per heavy atom. The maximum atomic E-state index is 12.8. The molecule has 1 amide bonds. The predicted molar refractivity (Wildman–Crippen MR) is 117 cm³/mol. The first kappa shape index (κ1) is 22.0. The standard InChI is InChI=1S/C24H32N2O4/c1-17(26-13-5-6-19-15-21(28-2)9-8-20(19)16-26)24(27)25-12-11-18-7-10-22(29-3)23(14-18)30-4/h7-10,14-15,17H,5-6,11-13,16H2,1-4H3,(H,25,27). The molecule has 30 heavy (non-hydrogen) atoms. The molecule has 2 aromatic carbocycles. The van der Waals surface area contributed by atoms with E-state index in [1.807, 2.05) is 31.2 Å². The number of amides is 1. The van der Waals surface area contributed by atoms with Crippen LogP contribution in [0.3, 0.4) is 0 Å². The van der Waals surface area contributed by atoms with Crippen molar-refractivity contribution in [1.82, 2.24) is 10.2 Å². The number of nitrogens with one attached hydrogen (secondary N) is 1. The van der Waals surface area contributed by atoms with Gasteiger partial charge in [-0.15, -0.1) is 0 Å². The lowest BCUT2D eigenvalue weighted by atomic mass is 10.0. The minimum absolute atomic E-state index is 0.0624. The van der Waals surface area contributed by atoms with Crippen molar-refractivity contribution >= 4 is 5.91 Å². The van der Waals surface area contributed by atoms with E-state index in [9.17, 15) is 4.79 Å². The molecule has 6 heteroatoms. The van der Waals surface area contributed by atoms with E-state index in [0.717, 1.165) is 43.7 Å². The SMILES string of the molecule is COc1ccc2c(c1)CCCN(C(C)C(=O)NCCc1ccc(OC)c(OC)c1)C2. The highest BCUT2D eigenvalue weighted by molar-refractivity contribution is 5.81. The quantitative estimate of drug-likeness (QED) is 0.722. The average Bonchev–Trinajstić information content (AvgIpc) is 3.00. The number of nitrogens with zero attached hydrogens (tertiary/aromatic N) is 1. The number of aryl methyl sites for hydroxylation is 1. The summed E-state index contributed by atoms with van der Waals surface area (Å²) in [5.74, 6) is 2.36. The Balaban J connectivity index is 1.55. The third kappa shape index (κ3) is 5.25. The van der Waals surface area contributed by atoms with Gasteiger partial charge in [0.1, 0.15) is 5.75 Å². The molecule has 0 spiro atoms. The van der Waals surface area contributed by atoms with E-state index in [4.69, 9.17) is 14.2 Å². The van der Waals surface area contributed by atoms with Crippen molar-refractivity contribution in [1.29, 1.82) is 0 Å². The van der Waals surface area contributed by atoms with Crippen LogP contribution in [-0.4, -0.2) is 51.3 Å². The monoisotopic (exact) mass is 412 g/mol. The molecule has 0 aliphatic carbocycles. The van der Waals surface area contributed by atoms with Crippen molar-refractivity contribution in [2.75, 3.05) is 34.4 Å². The molecule has 0 bridgehead atoms. The van der Waals surface area contributed by atoms with Gasteiger partial charge >= 0.3 is 0 Å². The number of fused-ring (bicyclic) bond motifs is 1. The third-order valence-electron chi connectivity index (χ3n) is 5.77. The predicted octanol–water partition coefficient (Wildman–Crippen LogP) is 3.21. The number of carbonyl (C=O) groups is 1. The van der Waals surface area contributed by atoms with Gasteiger partial charge in [0.25, 0.3) is 0 Å². The van der Waals surface area contributed by atoms with E-state index in [1.54, 1.807) is 21.3 Å². The molecule has 0 aromatic heterocycles. The molecule has 1 aliphatic rings. The molecule has 162 valence electrons. The Morgan fingerprint density at radius 1 is 1.03 bits per heavy atom. The maximum Gasteiger partial charge on any atom is 0.237 e. The number of benzene rings is 2. The number of rotatable bonds is 8. The molecule has 3 rings (SSSR count). The van der Waals surface area contributed by atoms with E-state index in [1.165, 1.54) is 11.1 Å². The number of carbonyl (C=O) groups excluding carboxylic acids is 1. The summed E-state index contributed by atoms with van der Waals surface area (Å²) in [6.45, 7) is 4.26. The van der Waals surface area contributed by atoms with Crippen LogP contribution in [0, 0.1) is 0 Å². The summed E-state index contributed by atoms with van der Waals surface area (Å²) in [6, 6.07) is 11.9. The van der Waals surface area contributed by atoms with Crippen molar-refractivity contribution < 1.29 is 19.0 Å². The summed E-state index contributed by atoms with van der Waals surface area (Å²) in [5, 5.41) is 3.08. The van der Waals surface area contributed by atoms with Crippen LogP contribution in [0.4, 0.5) is 0 Å². The van der Waals surface area contributed by atoms with Crippen LogP contribution in [0.1, 0.15) is 30.0 Å². The van der Waals surface area contributed by atoms with Crippen molar-refractivity contribution in [2.45, 2.75) is 38.8 Å². The van der Waals surface area contributed by atoms with Gasteiger partial charge in [-0.3, -0.25) is 9.69 Å². The van der Waals surface area contributed by atoms with Crippen molar-refractivity contribution in [3.63, 3.8) is 0 Å². The minimum atomic E-state index is -0.177. The van der Waals surface area contributed by atoms with Gasteiger partial charge in [-0.1, -0.05) is 12.1 Å². The van der Waals surface area contributed by atoms with Gasteiger partial charge in [-0.2, -0.15) is 0 Å². The summed E-state index contributed by atoms with van der Waals surface area (Å²) >= 11 is 0. The largest absolute Gasteiger partial charge is 0.497 e. The van der Waals surface area contributed by atoms with Crippen molar-refractivity contribution in [2.24, 2.45) is 0 Å². The average molecular weight is 413 g/mol. The molecule has 6 nitrogen and oxygen atoms in total. The first-order valence-electron chi connectivity index (χ1n) is 10.4. The maximum absolute atomic E-state index is 12.8. The number of ether oxygens (including phenoxy) is 3. The molecule has 0 saturated carbocycles. The van der Waals surface area contributed by atoms with Crippen LogP contribution in [0.5, 0.6) is 17.2 Å². The molecule has 0 saturated heterocycles. The zero-order valence-electron chi connectivity index (χ0n) is 18.4. The Labute approximate surface area is 179 Å². The van der Waals surface area contributed by atoms with E-state index < -0.39 is 0 Å². The zero-order valence-corrected chi connectivity index (χ0v) is 18.4. The second-order valence-corrected chi connectivity index (χ2v) is 7.62. The van der Waals surface area contributed by atoms with Gasteiger partial charge in [0, 0.05) is 13.1 Å². The van der Waals surface area contributed by atoms with Gasteiger partial charge in [0.2, 0.25) is 5.91 Å². The zero-order chi connectivity index (χ0) is 21.5. The summed E-state index contributed by atoms with van der Waals surface area (Å²) in [7, 11) is 4.94. The molecule has 1 heterocycles. The molecule has 2 aromatic rings. The lowest BCUT2D eigenvalue weighted by Gasteiger charge is -2.27. The van der Waals surface area contributed by atoms with Crippen LogP contribution >= 0.6 is 0 Å². The van der Waals surface area contributed by atoms with Crippen molar-refractivity contribution in [3.05, 3.63) is 53.1 Å². The second kappa shape index (κ2) is 10.3. The minimum Gasteiger partial charge on any atom is -0.497 e. The van der Waals surface area contributed by atoms with E-state index in [-0.39, 0.29) is 11.9 Å². The molecule has 1 unspecified atom stereocenters. The molecular weight excluding hydrogens is 380 g/mol. The number of methoxy groups -OCH3 is 3. The number of hydrogen-bond donors (Lipinski definition) is 1. The fourth-order valence-electron chi connectivity index (χ4n) is 3.90. The van der Waals surface area contributed by atoms with E-state index in [0.29, 0.717) is 18.0 Å². The number of hydrogen-bond acceptors (Lipinski definition) is 5. The Kier molecular flexibility index (Phi) is 7.57. The lowest BCUT2D eigenvalue weighted by molar-refractivity contribution is -0.126. The Morgan fingerprint density at radius 2 is 1.83 bits per heavy atom. The first-order chi connectivity index (χ1) is 14.5. The van der Waals surface area contributed by atoms with Gasteiger partial charge in [-0.05, 0) is 73.7 Å². The van der Waals surface area contributed by atoms with Crippen LogP contribution in [-0.2, 0) is 24.2 Å². The van der Waals surface area contributed by atoms with Gasteiger partial charge in [0.15, 0.2) is 11.5 Å². The normalized spacial score (nSPS) is 14.9. The van der Waals surface area contributed by atoms with E-state index >= 15 is 0 Å². The van der Waals surface area contributed by atoms with E-state index in [2.05, 4.69) is 22.3 Å². The molecule has 1 N–H and O–H groups in total. The van der Waals surface area contributed by atoms with Crippen LogP contribution < -0.4 is 19.5 Å². The third-order valence-corrected chi connectivity index (χ3v) is 5.77.